The number of nitrogens with zero attached hydrogens (tertiary/aromatic N) is 1. The topological polar surface area (TPSA) is 71.1 Å². The predicted molar refractivity (Wildman–Crippen MR) is 74.4 cm³/mol. The van der Waals surface area contributed by atoms with E-state index < -0.39 is 10.8 Å². The van der Waals surface area contributed by atoms with Crippen LogP contribution in [-0.4, -0.2) is 40.7 Å². The van der Waals surface area contributed by atoms with Crippen LogP contribution >= 0.6 is 0 Å². The summed E-state index contributed by atoms with van der Waals surface area (Å²) in [6, 6.07) is 3.45. The lowest BCUT2D eigenvalue weighted by Crippen LogP contribution is -2.25. The molecule has 1 unspecified atom stereocenters. The van der Waals surface area contributed by atoms with Gasteiger partial charge in [0.05, 0.1) is 0 Å². The van der Waals surface area contributed by atoms with E-state index in [2.05, 4.69) is 15.6 Å². The van der Waals surface area contributed by atoms with Gasteiger partial charge in [-0.2, -0.15) is 0 Å². The van der Waals surface area contributed by atoms with Crippen LogP contribution in [0.2, 0.25) is 0 Å². The van der Waals surface area contributed by atoms with Gasteiger partial charge in [-0.05, 0) is 25.5 Å². The fraction of sp³-hybridized carbons (Fsp3) is 0.500. The van der Waals surface area contributed by atoms with Gasteiger partial charge in [0.15, 0.2) is 0 Å². The number of rotatable bonds is 6. The summed E-state index contributed by atoms with van der Waals surface area (Å²) in [5.41, 5.74) is 1.38. The molecule has 0 fully saturated rings. The second-order valence-electron chi connectivity index (χ2n) is 4.02. The largest absolute Gasteiger partial charge is 0.373 e. The van der Waals surface area contributed by atoms with Gasteiger partial charge >= 0.3 is 0 Å². The summed E-state index contributed by atoms with van der Waals surface area (Å²) >= 11 is 0. The normalized spacial score (nSPS) is 11.9. The molecule has 18 heavy (non-hydrogen) atoms. The fourth-order valence-electron chi connectivity index (χ4n) is 1.51. The molecule has 6 heteroatoms. The monoisotopic (exact) mass is 269 g/mol. The number of aromatic nitrogens is 1. The van der Waals surface area contributed by atoms with Gasteiger partial charge in [0.25, 0.3) is 5.91 Å². The van der Waals surface area contributed by atoms with Crippen molar-refractivity contribution >= 4 is 22.5 Å². The Bertz CT molecular complexity index is 449. The second kappa shape index (κ2) is 7.10. The molecule has 1 aromatic rings. The number of amides is 1. The van der Waals surface area contributed by atoms with E-state index in [9.17, 15) is 9.00 Å². The predicted octanol–water partition coefficient (Wildman–Crippen LogP) is 0.930. The van der Waals surface area contributed by atoms with Crippen molar-refractivity contribution in [2.75, 3.05) is 30.9 Å². The van der Waals surface area contributed by atoms with E-state index in [1.54, 1.807) is 25.4 Å². The molecule has 0 spiro atoms. The Morgan fingerprint density at radius 1 is 1.44 bits per heavy atom. The van der Waals surface area contributed by atoms with Crippen LogP contribution in [0.3, 0.4) is 0 Å². The van der Waals surface area contributed by atoms with Crippen LogP contribution < -0.4 is 10.6 Å². The minimum atomic E-state index is -0.805. The van der Waals surface area contributed by atoms with E-state index in [1.165, 1.54) is 0 Å². The zero-order valence-electron chi connectivity index (χ0n) is 10.9. The molecule has 0 saturated carbocycles. The molecule has 1 atom stereocenters. The van der Waals surface area contributed by atoms with E-state index in [1.807, 2.05) is 6.92 Å². The van der Waals surface area contributed by atoms with Crippen molar-refractivity contribution in [3.63, 3.8) is 0 Å². The minimum absolute atomic E-state index is 0.126. The van der Waals surface area contributed by atoms with Crippen LogP contribution in [0.15, 0.2) is 12.1 Å². The fourth-order valence-corrected chi connectivity index (χ4v) is 2.06. The first-order valence-corrected chi connectivity index (χ1v) is 7.50. The highest BCUT2D eigenvalue weighted by Crippen LogP contribution is 2.09. The molecule has 0 aliphatic carbocycles. The lowest BCUT2D eigenvalue weighted by Gasteiger charge is -2.07. The average molecular weight is 269 g/mol. The van der Waals surface area contributed by atoms with E-state index in [-0.39, 0.29) is 5.91 Å². The standard InChI is InChI=1S/C12H19N3O2S/c1-9-7-10(8-11(13-2)15-9)12(16)14-5-4-6-18(3)17/h7-8H,4-6H2,1-3H3,(H,13,15)(H,14,16). The van der Waals surface area contributed by atoms with Crippen molar-refractivity contribution in [1.82, 2.24) is 10.3 Å². The Morgan fingerprint density at radius 2 is 2.17 bits per heavy atom. The van der Waals surface area contributed by atoms with Crippen molar-refractivity contribution in [2.24, 2.45) is 0 Å². The molecule has 0 aromatic carbocycles. The number of aryl methyl sites for hydroxylation is 1. The van der Waals surface area contributed by atoms with Crippen LogP contribution in [0.25, 0.3) is 0 Å². The number of hydrogen-bond acceptors (Lipinski definition) is 4. The number of hydrogen-bond donors (Lipinski definition) is 2. The maximum absolute atomic E-state index is 11.9. The molecule has 5 nitrogen and oxygen atoms in total. The summed E-state index contributed by atoms with van der Waals surface area (Å²) in [6.45, 7) is 2.38. The molecule has 0 saturated heterocycles. The van der Waals surface area contributed by atoms with Crippen molar-refractivity contribution in [3.05, 3.63) is 23.4 Å². The average Bonchev–Trinajstić information content (AvgIpc) is 2.33. The Kier molecular flexibility index (Phi) is 5.77. The highest BCUT2D eigenvalue weighted by atomic mass is 32.2. The van der Waals surface area contributed by atoms with Gasteiger partial charge < -0.3 is 10.6 Å². The van der Waals surface area contributed by atoms with Gasteiger partial charge in [-0.15, -0.1) is 0 Å². The highest BCUT2D eigenvalue weighted by molar-refractivity contribution is 7.84. The molecule has 1 heterocycles. The first-order chi connectivity index (χ1) is 8.52. The molecule has 0 bridgehead atoms. The summed E-state index contributed by atoms with van der Waals surface area (Å²) in [4.78, 5) is 16.1. The second-order valence-corrected chi connectivity index (χ2v) is 5.57. The maximum atomic E-state index is 11.9. The van der Waals surface area contributed by atoms with Crippen LogP contribution in [0.5, 0.6) is 0 Å². The van der Waals surface area contributed by atoms with Crippen LogP contribution in [-0.2, 0) is 10.8 Å². The number of nitrogens with one attached hydrogen (secondary N) is 2. The Balaban J connectivity index is 2.55. The summed E-state index contributed by atoms with van der Waals surface area (Å²) < 4.78 is 10.9. The van der Waals surface area contributed by atoms with Crippen molar-refractivity contribution in [3.8, 4) is 0 Å². The number of carbonyl (C=O) groups is 1. The van der Waals surface area contributed by atoms with Crippen LogP contribution in [0.4, 0.5) is 5.82 Å². The van der Waals surface area contributed by atoms with E-state index in [4.69, 9.17) is 0 Å². The Hall–Kier alpha value is -1.43. The first kappa shape index (κ1) is 14.6. The molecule has 0 aliphatic rings. The Labute approximate surface area is 110 Å². The quantitative estimate of drug-likeness (QED) is 0.754. The minimum Gasteiger partial charge on any atom is -0.373 e. The van der Waals surface area contributed by atoms with Gasteiger partial charge in [0.2, 0.25) is 0 Å². The molecule has 100 valence electrons. The summed E-state index contributed by atoms with van der Waals surface area (Å²) in [7, 11) is 0.959. The van der Waals surface area contributed by atoms with Crippen LogP contribution in [0.1, 0.15) is 22.5 Å². The zero-order chi connectivity index (χ0) is 13.5. The summed E-state index contributed by atoms with van der Waals surface area (Å²) in [5, 5.41) is 5.72. The van der Waals surface area contributed by atoms with Gasteiger partial charge in [0, 0.05) is 47.7 Å². The van der Waals surface area contributed by atoms with Crippen LogP contribution in [0, 0.1) is 6.92 Å². The van der Waals surface area contributed by atoms with Gasteiger partial charge in [0.1, 0.15) is 5.82 Å². The third-order valence-electron chi connectivity index (χ3n) is 2.37. The number of carbonyl (C=O) groups excluding carboxylic acids is 1. The highest BCUT2D eigenvalue weighted by Gasteiger charge is 2.07. The molecule has 1 amide bonds. The molecule has 1 aromatic heterocycles. The van der Waals surface area contributed by atoms with Crippen molar-refractivity contribution in [2.45, 2.75) is 13.3 Å². The van der Waals surface area contributed by atoms with Crippen molar-refractivity contribution < 1.29 is 9.00 Å². The summed E-state index contributed by atoms with van der Waals surface area (Å²) in [5.74, 6) is 1.16. The molecular formula is C12H19N3O2S. The smallest absolute Gasteiger partial charge is 0.251 e. The SMILES string of the molecule is CNc1cc(C(=O)NCCCS(C)=O)cc(C)n1. The molecular weight excluding hydrogens is 250 g/mol. The first-order valence-electron chi connectivity index (χ1n) is 5.77. The molecule has 1 rings (SSSR count). The molecule has 2 N–H and O–H groups in total. The van der Waals surface area contributed by atoms with Crippen molar-refractivity contribution in [1.29, 1.82) is 0 Å². The van der Waals surface area contributed by atoms with E-state index >= 15 is 0 Å². The number of anilines is 1. The lowest BCUT2D eigenvalue weighted by atomic mass is 10.2. The molecule has 0 radical (unpaired) electrons. The maximum Gasteiger partial charge on any atom is 0.251 e. The third kappa shape index (κ3) is 4.83. The van der Waals surface area contributed by atoms with E-state index in [0.29, 0.717) is 23.7 Å². The van der Waals surface area contributed by atoms with Gasteiger partial charge in [-0.1, -0.05) is 0 Å². The van der Waals surface area contributed by atoms with Gasteiger partial charge in [-0.3, -0.25) is 9.00 Å². The number of pyridine rings is 1. The zero-order valence-corrected chi connectivity index (χ0v) is 11.8. The van der Waals surface area contributed by atoms with E-state index in [0.717, 1.165) is 12.1 Å². The lowest BCUT2D eigenvalue weighted by molar-refractivity contribution is 0.0953. The van der Waals surface area contributed by atoms with Gasteiger partial charge in [-0.25, -0.2) is 4.98 Å². The molecule has 0 aliphatic heterocycles. The summed E-state index contributed by atoms with van der Waals surface area (Å²) in [6.07, 6.45) is 2.38. The Morgan fingerprint density at radius 3 is 2.78 bits per heavy atom. The third-order valence-corrected chi connectivity index (χ3v) is 3.23.